The molecular weight excluding hydrogens is 320 g/mol. The summed E-state index contributed by atoms with van der Waals surface area (Å²) in [4.78, 5) is 17.0. The van der Waals surface area contributed by atoms with Gasteiger partial charge in [-0.15, -0.1) is 0 Å². The maximum atomic E-state index is 12.7. The molecule has 0 saturated carbocycles. The van der Waals surface area contributed by atoms with Crippen molar-refractivity contribution in [1.82, 2.24) is 4.90 Å². The summed E-state index contributed by atoms with van der Waals surface area (Å²) in [5, 5.41) is 0.700. The molecule has 0 unspecified atom stereocenters. The highest BCUT2D eigenvalue weighted by molar-refractivity contribution is 6.31. The van der Waals surface area contributed by atoms with Gasteiger partial charge in [-0.2, -0.15) is 0 Å². The third kappa shape index (κ3) is 3.27. The van der Waals surface area contributed by atoms with Gasteiger partial charge in [0.1, 0.15) is 0 Å². The largest absolute Gasteiger partial charge is 0.368 e. The summed E-state index contributed by atoms with van der Waals surface area (Å²) in [6.07, 6.45) is 0. The minimum Gasteiger partial charge on any atom is -0.368 e. The fourth-order valence-electron chi connectivity index (χ4n) is 3.19. The first-order valence-electron chi connectivity index (χ1n) is 8.34. The Morgan fingerprint density at radius 3 is 2.33 bits per heavy atom. The molecule has 1 saturated heterocycles. The van der Waals surface area contributed by atoms with Crippen molar-refractivity contribution in [2.45, 2.75) is 20.8 Å². The molecule has 0 bridgehead atoms. The van der Waals surface area contributed by atoms with Gasteiger partial charge in [-0.05, 0) is 61.7 Å². The van der Waals surface area contributed by atoms with Crippen LogP contribution in [0.4, 0.5) is 5.69 Å². The number of carbonyl (C=O) groups is 1. The number of amides is 1. The predicted molar refractivity (Wildman–Crippen MR) is 100 cm³/mol. The lowest BCUT2D eigenvalue weighted by Gasteiger charge is -2.37. The number of nitrogens with zero attached hydrogens (tertiary/aromatic N) is 2. The standard InChI is InChI=1S/C20H23ClN2O/c1-14-5-4-6-19(16(14)3)22-9-11-23(12-10-22)20(24)17-7-8-18(21)15(2)13-17/h4-8,13H,9-12H2,1-3H3. The van der Waals surface area contributed by atoms with Crippen molar-refractivity contribution in [3.63, 3.8) is 0 Å². The lowest BCUT2D eigenvalue weighted by Crippen LogP contribution is -2.49. The zero-order valence-electron chi connectivity index (χ0n) is 14.5. The molecule has 0 N–H and O–H groups in total. The van der Waals surface area contributed by atoms with Crippen LogP contribution in [0.15, 0.2) is 36.4 Å². The van der Waals surface area contributed by atoms with Crippen LogP contribution in [0.1, 0.15) is 27.0 Å². The molecule has 3 rings (SSSR count). The van der Waals surface area contributed by atoms with Gasteiger partial charge >= 0.3 is 0 Å². The van der Waals surface area contributed by atoms with Crippen LogP contribution >= 0.6 is 11.6 Å². The van der Waals surface area contributed by atoms with Crippen LogP contribution in [0.2, 0.25) is 5.02 Å². The van der Waals surface area contributed by atoms with Crippen molar-refractivity contribution in [2.75, 3.05) is 31.1 Å². The molecule has 0 atom stereocenters. The predicted octanol–water partition coefficient (Wildman–Crippen LogP) is 4.23. The number of anilines is 1. The van der Waals surface area contributed by atoms with Crippen LogP contribution in [0.25, 0.3) is 0 Å². The first-order chi connectivity index (χ1) is 11.5. The highest BCUT2D eigenvalue weighted by Gasteiger charge is 2.23. The Balaban J connectivity index is 1.69. The highest BCUT2D eigenvalue weighted by Crippen LogP contribution is 2.24. The van der Waals surface area contributed by atoms with E-state index in [4.69, 9.17) is 11.6 Å². The van der Waals surface area contributed by atoms with Crippen LogP contribution in [-0.2, 0) is 0 Å². The van der Waals surface area contributed by atoms with Gasteiger partial charge in [0, 0.05) is 42.5 Å². The van der Waals surface area contributed by atoms with Crippen LogP contribution in [0, 0.1) is 20.8 Å². The van der Waals surface area contributed by atoms with Gasteiger partial charge in [0.15, 0.2) is 0 Å². The molecule has 1 aliphatic rings. The Labute approximate surface area is 148 Å². The summed E-state index contributed by atoms with van der Waals surface area (Å²) in [5.41, 5.74) is 5.58. The van der Waals surface area contributed by atoms with Gasteiger partial charge in [-0.1, -0.05) is 23.7 Å². The van der Waals surface area contributed by atoms with E-state index in [9.17, 15) is 4.79 Å². The second kappa shape index (κ2) is 6.86. The zero-order valence-corrected chi connectivity index (χ0v) is 15.2. The number of carbonyl (C=O) groups excluding carboxylic acids is 1. The van der Waals surface area contributed by atoms with E-state index in [0.717, 1.165) is 37.3 Å². The van der Waals surface area contributed by atoms with Crippen molar-refractivity contribution in [3.8, 4) is 0 Å². The Bertz CT molecular complexity index is 764. The second-order valence-electron chi connectivity index (χ2n) is 6.46. The van der Waals surface area contributed by atoms with Crippen molar-refractivity contribution in [2.24, 2.45) is 0 Å². The Morgan fingerprint density at radius 1 is 0.958 bits per heavy atom. The minimum absolute atomic E-state index is 0.0929. The van der Waals surface area contributed by atoms with Crippen molar-refractivity contribution in [1.29, 1.82) is 0 Å². The maximum absolute atomic E-state index is 12.7. The molecule has 126 valence electrons. The Morgan fingerprint density at radius 2 is 1.67 bits per heavy atom. The molecule has 0 spiro atoms. The van der Waals surface area contributed by atoms with Gasteiger partial charge in [0.05, 0.1) is 0 Å². The second-order valence-corrected chi connectivity index (χ2v) is 6.87. The van der Waals surface area contributed by atoms with Gasteiger partial charge in [0.2, 0.25) is 0 Å². The SMILES string of the molecule is Cc1cc(C(=O)N2CCN(c3cccc(C)c3C)CC2)ccc1Cl. The summed E-state index contributed by atoms with van der Waals surface area (Å²) >= 11 is 6.05. The number of benzene rings is 2. The third-order valence-electron chi connectivity index (χ3n) is 4.89. The van der Waals surface area contributed by atoms with E-state index < -0.39 is 0 Å². The fourth-order valence-corrected chi connectivity index (χ4v) is 3.31. The van der Waals surface area contributed by atoms with E-state index in [-0.39, 0.29) is 5.91 Å². The average molecular weight is 343 g/mol. The summed E-state index contributed by atoms with van der Waals surface area (Å²) in [5.74, 6) is 0.0929. The normalized spacial score (nSPS) is 14.8. The molecule has 0 aromatic heterocycles. The Hall–Kier alpha value is -2.00. The zero-order chi connectivity index (χ0) is 17.3. The van der Waals surface area contributed by atoms with Gasteiger partial charge in [-0.3, -0.25) is 4.79 Å². The number of halogens is 1. The number of rotatable bonds is 2. The number of aryl methyl sites for hydroxylation is 2. The van der Waals surface area contributed by atoms with Crippen LogP contribution in [0.5, 0.6) is 0 Å². The maximum Gasteiger partial charge on any atom is 0.253 e. The molecule has 24 heavy (non-hydrogen) atoms. The lowest BCUT2D eigenvalue weighted by molar-refractivity contribution is 0.0746. The number of hydrogen-bond acceptors (Lipinski definition) is 2. The average Bonchev–Trinajstić information content (AvgIpc) is 2.59. The van der Waals surface area contributed by atoms with E-state index in [1.54, 1.807) is 6.07 Å². The van der Waals surface area contributed by atoms with Gasteiger partial charge in [-0.25, -0.2) is 0 Å². The molecule has 1 aliphatic heterocycles. The lowest BCUT2D eigenvalue weighted by atomic mass is 10.1. The molecule has 2 aromatic carbocycles. The van der Waals surface area contributed by atoms with Crippen molar-refractivity contribution < 1.29 is 4.79 Å². The van der Waals surface area contributed by atoms with E-state index >= 15 is 0 Å². The minimum atomic E-state index is 0.0929. The third-order valence-corrected chi connectivity index (χ3v) is 5.31. The van der Waals surface area contributed by atoms with Crippen LogP contribution in [-0.4, -0.2) is 37.0 Å². The van der Waals surface area contributed by atoms with Gasteiger partial charge < -0.3 is 9.80 Å². The fraction of sp³-hybridized carbons (Fsp3) is 0.350. The van der Waals surface area contributed by atoms with E-state index in [0.29, 0.717) is 5.02 Å². The quantitative estimate of drug-likeness (QED) is 0.815. The summed E-state index contributed by atoms with van der Waals surface area (Å²) in [6, 6.07) is 11.9. The molecular formula is C20H23ClN2O. The first kappa shape index (κ1) is 16.8. The summed E-state index contributed by atoms with van der Waals surface area (Å²) in [7, 11) is 0. The molecule has 4 heteroatoms. The number of hydrogen-bond donors (Lipinski definition) is 0. The molecule has 0 radical (unpaired) electrons. The van der Waals surface area contributed by atoms with Crippen molar-refractivity contribution in [3.05, 3.63) is 63.7 Å². The van der Waals surface area contributed by atoms with Crippen LogP contribution < -0.4 is 4.90 Å². The topological polar surface area (TPSA) is 23.6 Å². The monoisotopic (exact) mass is 342 g/mol. The van der Waals surface area contributed by atoms with E-state index in [1.807, 2.05) is 24.0 Å². The molecule has 1 fully saturated rings. The summed E-state index contributed by atoms with van der Waals surface area (Å²) in [6.45, 7) is 9.45. The number of piperazine rings is 1. The molecule has 2 aromatic rings. The molecule has 0 aliphatic carbocycles. The summed E-state index contributed by atoms with van der Waals surface area (Å²) < 4.78 is 0. The van der Waals surface area contributed by atoms with Crippen molar-refractivity contribution >= 4 is 23.2 Å². The first-order valence-corrected chi connectivity index (χ1v) is 8.72. The Kier molecular flexibility index (Phi) is 4.81. The van der Waals surface area contributed by atoms with E-state index in [1.165, 1.54) is 16.8 Å². The molecule has 1 amide bonds. The molecule has 3 nitrogen and oxygen atoms in total. The van der Waals surface area contributed by atoms with Crippen LogP contribution in [0.3, 0.4) is 0 Å². The van der Waals surface area contributed by atoms with Gasteiger partial charge in [0.25, 0.3) is 5.91 Å². The highest BCUT2D eigenvalue weighted by atomic mass is 35.5. The molecule has 1 heterocycles. The van der Waals surface area contributed by atoms with E-state index in [2.05, 4.69) is 36.9 Å². The smallest absolute Gasteiger partial charge is 0.253 e.